The summed E-state index contributed by atoms with van der Waals surface area (Å²) in [6.45, 7) is 0. The number of furan rings is 1. The van der Waals surface area contributed by atoms with Gasteiger partial charge in [0.05, 0.1) is 25.1 Å². The van der Waals surface area contributed by atoms with Crippen molar-refractivity contribution in [1.82, 2.24) is 5.01 Å². The van der Waals surface area contributed by atoms with Crippen molar-refractivity contribution >= 4 is 11.6 Å². The first-order valence-electron chi connectivity index (χ1n) is 8.54. The first-order chi connectivity index (χ1) is 13.2. The third-order valence-corrected chi connectivity index (χ3v) is 4.57. The van der Waals surface area contributed by atoms with Gasteiger partial charge in [-0.15, -0.1) is 0 Å². The number of ether oxygens (including phenoxy) is 1. The van der Waals surface area contributed by atoms with Gasteiger partial charge in [-0.25, -0.2) is 5.01 Å². The molecule has 1 aliphatic rings. The maximum atomic E-state index is 12.9. The lowest BCUT2D eigenvalue weighted by atomic mass is 9.97. The number of benzene rings is 2. The maximum Gasteiger partial charge on any atom is 0.310 e. The second-order valence-corrected chi connectivity index (χ2v) is 6.18. The number of amides is 1. The summed E-state index contributed by atoms with van der Waals surface area (Å²) in [5.41, 5.74) is 2.29. The Morgan fingerprint density at radius 2 is 1.93 bits per heavy atom. The molecule has 0 bridgehead atoms. The highest BCUT2D eigenvalue weighted by atomic mass is 16.5. The lowest BCUT2D eigenvalue weighted by Crippen LogP contribution is -2.26. The molecule has 0 radical (unpaired) electrons. The van der Waals surface area contributed by atoms with Gasteiger partial charge in [0.25, 0.3) is 0 Å². The first-order valence-corrected chi connectivity index (χ1v) is 8.54. The molecule has 4 rings (SSSR count). The minimum atomic E-state index is -0.416. The number of carbonyl (C=O) groups is 1. The molecule has 1 N–H and O–H groups in total. The van der Waals surface area contributed by atoms with Gasteiger partial charge >= 0.3 is 5.91 Å². The zero-order valence-electron chi connectivity index (χ0n) is 14.7. The van der Waals surface area contributed by atoms with Gasteiger partial charge in [0, 0.05) is 12.0 Å². The fourth-order valence-electron chi connectivity index (χ4n) is 3.18. The van der Waals surface area contributed by atoms with Crippen LogP contribution in [0.3, 0.4) is 0 Å². The largest absolute Gasteiger partial charge is 0.508 e. The molecule has 2 heterocycles. The molecule has 0 fully saturated rings. The number of methoxy groups -OCH3 is 1. The van der Waals surface area contributed by atoms with E-state index >= 15 is 0 Å². The molecule has 0 saturated carbocycles. The third kappa shape index (κ3) is 3.17. The SMILES string of the molecule is COc1ccc(C2=NN(C(=O)c3ccco3)[C@@H](c3ccccc3O)C2)cc1. The molecule has 136 valence electrons. The van der Waals surface area contributed by atoms with Crippen LogP contribution in [0.15, 0.2) is 76.4 Å². The quantitative estimate of drug-likeness (QED) is 0.762. The number of para-hydroxylation sites is 1. The fraction of sp³-hybridized carbons (Fsp3) is 0.143. The molecule has 0 aliphatic carbocycles. The van der Waals surface area contributed by atoms with Crippen molar-refractivity contribution in [1.29, 1.82) is 0 Å². The van der Waals surface area contributed by atoms with Crippen molar-refractivity contribution in [2.75, 3.05) is 7.11 Å². The van der Waals surface area contributed by atoms with Crippen LogP contribution in [0.4, 0.5) is 0 Å². The van der Waals surface area contributed by atoms with Crippen LogP contribution in [0.1, 0.15) is 34.1 Å². The van der Waals surface area contributed by atoms with Gasteiger partial charge in [-0.2, -0.15) is 5.10 Å². The molecule has 1 atom stereocenters. The zero-order chi connectivity index (χ0) is 18.8. The Morgan fingerprint density at radius 1 is 1.15 bits per heavy atom. The summed E-state index contributed by atoms with van der Waals surface area (Å²) in [5.74, 6) is 0.732. The Morgan fingerprint density at radius 3 is 2.59 bits per heavy atom. The number of hydrogen-bond donors (Lipinski definition) is 1. The summed E-state index contributed by atoms with van der Waals surface area (Å²) >= 11 is 0. The molecular weight excluding hydrogens is 344 g/mol. The van der Waals surface area contributed by atoms with E-state index in [2.05, 4.69) is 5.10 Å². The fourth-order valence-corrected chi connectivity index (χ4v) is 3.18. The van der Waals surface area contributed by atoms with Crippen molar-refractivity contribution in [3.63, 3.8) is 0 Å². The minimum absolute atomic E-state index is 0.130. The van der Waals surface area contributed by atoms with Crippen LogP contribution < -0.4 is 4.74 Å². The number of phenolic OH excluding ortho intramolecular Hbond substituents is 1. The molecule has 1 amide bonds. The van der Waals surface area contributed by atoms with Crippen LogP contribution in [-0.4, -0.2) is 28.8 Å². The zero-order valence-corrected chi connectivity index (χ0v) is 14.7. The van der Waals surface area contributed by atoms with Gasteiger partial charge in [0.1, 0.15) is 11.5 Å². The molecule has 2 aromatic carbocycles. The van der Waals surface area contributed by atoms with E-state index in [1.54, 1.807) is 37.4 Å². The van der Waals surface area contributed by atoms with Crippen LogP contribution in [0, 0.1) is 0 Å². The van der Waals surface area contributed by atoms with E-state index in [4.69, 9.17) is 9.15 Å². The summed E-state index contributed by atoms with van der Waals surface area (Å²) in [4.78, 5) is 12.9. The number of nitrogens with zero attached hydrogens (tertiary/aromatic N) is 2. The molecule has 1 aliphatic heterocycles. The predicted molar refractivity (Wildman–Crippen MR) is 99.9 cm³/mol. The van der Waals surface area contributed by atoms with Gasteiger partial charge in [-0.3, -0.25) is 4.79 Å². The van der Waals surface area contributed by atoms with Gasteiger partial charge in [-0.05, 0) is 48.0 Å². The highest BCUT2D eigenvalue weighted by Crippen LogP contribution is 2.37. The Kier molecular flexibility index (Phi) is 4.38. The topological polar surface area (TPSA) is 75.3 Å². The highest BCUT2D eigenvalue weighted by Gasteiger charge is 2.35. The second kappa shape index (κ2) is 6.99. The normalized spacial score (nSPS) is 16.3. The van der Waals surface area contributed by atoms with Crippen LogP contribution >= 0.6 is 0 Å². The Labute approximate surface area is 156 Å². The van der Waals surface area contributed by atoms with Gasteiger partial charge < -0.3 is 14.3 Å². The lowest BCUT2D eigenvalue weighted by molar-refractivity contribution is 0.0677. The molecule has 6 heteroatoms. The molecule has 3 aromatic rings. The Hall–Kier alpha value is -3.54. The Bertz CT molecular complexity index is 978. The standard InChI is InChI=1S/C21H18N2O4/c1-26-15-10-8-14(9-11-15)17-13-18(16-5-2-3-6-19(16)24)23(22-17)21(25)20-7-4-12-27-20/h2-12,18,24H,13H2,1H3/t18-/m1/s1. The summed E-state index contributed by atoms with van der Waals surface area (Å²) in [6, 6.07) is 17.3. The molecular formula is C21H18N2O4. The molecule has 0 unspecified atom stereocenters. The first kappa shape index (κ1) is 16.9. The van der Waals surface area contributed by atoms with Crippen LogP contribution in [0.2, 0.25) is 0 Å². The van der Waals surface area contributed by atoms with Crippen molar-refractivity contribution < 1.29 is 19.1 Å². The summed E-state index contributed by atoms with van der Waals surface area (Å²) < 4.78 is 10.5. The van der Waals surface area contributed by atoms with Crippen molar-refractivity contribution in [2.45, 2.75) is 12.5 Å². The number of hydrogen-bond acceptors (Lipinski definition) is 5. The van der Waals surface area contributed by atoms with E-state index in [1.807, 2.05) is 30.3 Å². The van der Waals surface area contributed by atoms with Crippen LogP contribution in [0.25, 0.3) is 0 Å². The number of carbonyl (C=O) groups excluding carboxylic acids is 1. The molecule has 27 heavy (non-hydrogen) atoms. The lowest BCUT2D eigenvalue weighted by Gasteiger charge is -2.21. The molecule has 6 nitrogen and oxygen atoms in total. The van der Waals surface area contributed by atoms with E-state index in [0.717, 1.165) is 17.0 Å². The molecule has 1 aromatic heterocycles. The highest BCUT2D eigenvalue weighted by molar-refractivity contribution is 6.04. The monoisotopic (exact) mass is 362 g/mol. The van der Waals surface area contributed by atoms with E-state index in [1.165, 1.54) is 11.3 Å². The predicted octanol–water partition coefficient (Wildman–Crippen LogP) is 3.99. The number of hydrazone groups is 1. The average molecular weight is 362 g/mol. The van der Waals surface area contributed by atoms with Crippen molar-refractivity contribution in [3.8, 4) is 11.5 Å². The van der Waals surface area contributed by atoms with E-state index in [-0.39, 0.29) is 17.4 Å². The van der Waals surface area contributed by atoms with Crippen molar-refractivity contribution in [2.24, 2.45) is 5.10 Å². The second-order valence-electron chi connectivity index (χ2n) is 6.18. The Balaban J connectivity index is 1.73. The number of aromatic hydroxyl groups is 1. The number of phenols is 1. The molecule has 0 spiro atoms. The van der Waals surface area contributed by atoms with Crippen LogP contribution in [0.5, 0.6) is 11.5 Å². The van der Waals surface area contributed by atoms with Gasteiger partial charge in [-0.1, -0.05) is 18.2 Å². The summed E-state index contributed by atoms with van der Waals surface area (Å²) in [6.07, 6.45) is 1.93. The molecule has 0 saturated heterocycles. The smallest absolute Gasteiger partial charge is 0.310 e. The van der Waals surface area contributed by atoms with E-state index in [0.29, 0.717) is 12.0 Å². The average Bonchev–Trinajstić information content (AvgIpc) is 3.38. The van der Waals surface area contributed by atoms with E-state index < -0.39 is 6.04 Å². The third-order valence-electron chi connectivity index (χ3n) is 4.57. The maximum absolute atomic E-state index is 12.9. The van der Waals surface area contributed by atoms with Gasteiger partial charge in [0.15, 0.2) is 5.76 Å². The van der Waals surface area contributed by atoms with Gasteiger partial charge in [0.2, 0.25) is 0 Å². The summed E-state index contributed by atoms with van der Waals surface area (Å²) in [7, 11) is 1.61. The van der Waals surface area contributed by atoms with Crippen LogP contribution in [-0.2, 0) is 0 Å². The minimum Gasteiger partial charge on any atom is -0.508 e. The van der Waals surface area contributed by atoms with Crippen molar-refractivity contribution in [3.05, 3.63) is 83.8 Å². The number of rotatable bonds is 4. The summed E-state index contributed by atoms with van der Waals surface area (Å²) in [5, 5.41) is 16.2. The van der Waals surface area contributed by atoms with E-state index in [9.17, 15) is 9.90 Å².